The maximum atomic E-state index is 11.9. The Morgan fingerprint density at radius 2 is 1.83 bits per heavy atom. The fourth-order valence-corrected chi connectivity index (χ4v) is 2.71. The molecule has 1 rings (SSSR count). The Morgan fingerprint density at radius 3 is 2.42 bits per heavy atom. The topological polar surface area (TPSA) is 157 Å². The number of carbonyl (C=O) groups is 3. The highest BCUT2D eigenvalue weighted by Crippen LogP contribution is 2.23. The second kappa shape index (κ2) is 10.5. The van der Waals surface area contributed by atoms with Crippen molar-refractivity contribution in [2.45, 2.75) is 51.0 Å². The summed E-state index contributed by atoms with van der Waals surface area (Å²) in [5, 5.41) is 23.7. The van der Waals surface area contributed by atoms with Crippen LogP contribution in [0.15, 0.2) is 0 Å². The van der Waals surface area contributed by atoms with Crippen LogP contribution in [0, 0.1) is 11.3 Å². The first-order chi connectivity index (χ1) is 11.4. The first-order valence-corrected chi connectivity index (χ1v) is 8.28. The molecule has 1 fully saturated rings. The molecule has 0 heterocycles. The van der Waals surface area contributed by atoms with E-state index in [1.54, 1.807) is 0 Å². The molecule has 0 aromatic heterocycles. The molecule has 1 atom stereocenters. The van der Waals surface area contributed by atoms with E-state index in [9.17, 15) is 14.4 Å². The van der Waals surface area contributed by atoms with Crippen LogP contribution in [0.5, 0.6) is 0 Å². The van der Waals surface area contributed by atoms with Crippen molar-refractivity contribution in [1.82, 2.24) is 16.0 Å². The quantitative estimate of drug-likeness (QED) is 0.189. The van der Waals surface area contributed by atoms with Gasteiger partial charge in [0, 0.05) is 12.5 Å². The Labute approximate surface area is 141 Å². The van der Waals surface area contributed by atoms with E-state index in [4.69, 9.17) is 16.2 Å². The summed E-state index contributed by atoms with van der Waals surface area (Å²) in [6.45, 7) is 0.137. The number of hydrogen-bond donors (Lipinski definition) is 6. The third-order valence-corrected chi connectivity index (χ3v) is 4.02. The van der Waals surface area contributed by atoms with E-state index >= 15 is 0 Å². The maximum absolute atomic E-state index is 11.9. The second-order valence-corrected chi connectivity index (χ2v) is 5.99. The van der Waals surface area contributed by atoms with Gasteiger partial charge in [-0.25, -0.2) is 4.79 Å². The molecule has 9 heteroatoms. The van der Waals surface area contributed by atoms with E-state index < -0.39 is 17.9 Å². The number of amides is 2. The zero-order chi connectivity index (χ0) is 17.9. The summed E-state index contributed by atoms with van der Waals surface area (Å²) in [7, 11) is 0. The molecule has 0 spiro atoms. The molecule has 0 aromatic rings. The Kier molecular flexibility index (Phi) is 8.59. The SMILES string of the molecule is N=C(N)NCCC[C@H](NC(=O)CNC(=O)C1CCCCC1)C(=O)O. The molecule has 24 heavy (non-hydrogen) atoms. The average molecular weight is 341 g/mol. The lowest BCUT2D eigenvalue weighted by atomic mass is 9.89. The molecule has 0 aromatic carbocycles. The minimum atomic E-state index is -1.13. The second-order valence-electron chi connectivity index (χ2n) is 5.99. The van der Waals surface area contributed by atoms with E-state index in [-0.39, 0.29) is 30.8 Å². The predicted octanol–water partition coefficient (Wildman–Crippen LogP) is -0.484. The van der Waals surface area contributed by atoms with E-state index in [0.717, 1.165) is 32.1 Å². The Bertz CT molecular complexity index is 463. The number of carbonyl (C=O) groups excluding carboxylic acids is 2. The summed E-state index contributed by atoms with van der Waals surface area (Å²) in [6, 6.07) is -1.03. The molecule has 0 aliphatic heterocycles. The van der Waals surface area contributed by atoms with Crippen molar-refractivity contribution in [3.8, 4) is 0 Å². The van der Waals surface area contributed by atoms with Gasteiger partial charge >= 0.3 is 5.97 Å². The third-order valence-electron chi connectivity index (χ3n) is 4.02. The first kappa shape index (κ1) is 19.7. The summed E-state index contributed by atoms with van der Waals surface area (Å²) in [5.41, 5.74) is 5.13. The van der Waals surface area contributed by atoms with E-state index in [0.29, 0.717) is 13.0 Å². The van der Waals surface area contributed by atoms with Crippen molar-refractivity contribution in [1.29, 1.82) is 5.41 Å². The van der Waals surface area contributed by atoms with Crippen molar-refractivity contribution in [2.24, 2.45) is 11.7 Å². The van der Waals surface area contributed by atoms with Gasteiger partial charge < -0.3 is 26.8 Å². The predicted molar refractivity (Wildman–Crippen MR) is 88.3 cm³/mol. The number of nitrogens with one attached hydrogen (secondary N) is 4. The molecule has 1 aliphatic carbocycles. The summed E-state index contributed by atoms with van der Waals surface area (Å²) in [5.74, 6) is -2.02. The third kappa shape index (κ3) is 7.80. The minimum absolute atomic E-state index is 0.0422. The van der Waals surface area contributed by atoms with Crippen LogP contribution in [-0.2, 0) is 14.4 Å². The lowest BCUT2D eigenvalue weighted by Crippen LogP contribution is -2.46. The highest BCUT2D eigenvalue weighted by molar-refractivity contribution is 5.88. The molecule has 1 saturated carbocycles. The number of aliphatic carboxylic acids is 1. The maximum Gasteiger partial charge on any atom is 0.326 e. The average Bonchev–Trinajstić information content (AvgIpc) is 2.55. The van der Waals surface area contributed by atoms with Crippen molar-refractivity contribution < 1.29 is 19.5 Å². The van der Waals surface area contributed by atoms with Crippen LogP contribution in [-0.4, -0.2) is 48.0 Å². The van der Waals surface area contributed by atoms with Gasteiger partial charge in [0.1, 0.15) is 6.04 Å². The number of nitrogens with two attached hydrogens (primary N) is 1. The Hall–Kier alpha value is -2.32. The van der Waals surface area contributed by atoms with E-state index in [2.05, 4.69) is 16.0 Å². The van der Waals surface area contributed by atoms with Gasteiger partial charge in [0.2, 0.25) is 11.8 Å². The number of rotatable bonds is 9. The fraction of sp³-hybridized carbons (Fsp3) is 0.733. The zero-order valence-electron chi connectivity index (χ0n) is 13.8. The molecule has 0 radical (unpaired) electrons. The van der Waals surface area contributed by atoms with Crippen LogP contribution in [0.1, 0.15) is 44.9 Å². The normalized spacial score (nSPS) is 16.0. The molecular weight excluding hydrogens is 314 g/mol. The van der Waals surface area contributed by atoms with Crippen molar-refractivity contribution in [3.63, 3.8) is 0 Å². The monoisotopic (exact) mass is 341 g/mol. The van der Waals surface area contributed by atoms with E-state index in [1.807, 2.05) is 0 Å². The molecule has 2 amide bonds. The van der Waals surface area contributed by atoms with Crippen molar-refractivity contribution in [2.75, 3.05) is 13.1 Å². The molecule has 7 N–H and O–H groups in total. The standard InChI is InChI=1S/C15H27N5O4/c16-15(17)18-8-4-7-11(14(23)24)20-12(21)9-19-13(22)10-5-2-1-3-6-10/h10-11H,1-9H2,(H,19,22)(H,20,21)(H,23,24)(H4,16,17,18)/t11-/m0/s1. The summed E-state index contributed by atoms with van der Waals surface area (Å²) < 4.78 is 0. The zero-order valence-corrected chi connectivity index (χ0v) is 13.8. The smallest absolute Gasteiger partial charge is 0.326 e. The van der Waals surface area contributed by atoms with Crippen molar-refractivity contribution >= 4 is 23.7 Å². The van der Waals surface area contributed by atoms with Gasteiger partial charge in [-0.1, -0.05) is 19.3 Å². The number of carboxylic acid groups (broad SMARTS) is 1. The summed E-state index contributed by atoms with van der Waals surface area (Å²) in [4.78, 5) is 34.9. The van der Waals surface area contributed by atoms with Gasteiger partial charge in [0.25, 0.3) is 0 Å². The first-order valence-electron chi connectivity index (χ1n) is 8.28. The summed E-state index contributed by atoms with van der Waals surface area (Å²) in [6.07, 6.45) is 5.52. The Balaban J connectivity index is 2.29. The Morgan fingerprint density at radius 1 is 1.17 bits per heavy atom. The largest absolute Gasteiger partial charge is 0.480 e. The van der Waals surface area contributed by atoms with Gasteiger partial charge in [-0.05, 0) is 25.7 Å². The van der Waals surface area contributed by atoms with Gasteiger partial charge in [0.05, 0.1) is 6.54 Å². The molecule has 136 valence electrons. The van der Waals surface area contributed by atoms with Crippen LogP contribution in [0.25, 0.3) is 0 Å². The van der Waals surface area contributed by atoms with Crippen LogP contribution in [0.2, 0.25) is 0 Å². The van der Waals surface area contributed by atoms with Crippen LogP contribution < -0.4 is 21.7 Å². The van der Waals surface area contributed by atoms with E-state index in [1.165, 1.54) is 0 Å². The number of hydrogen-bond acceptors (Lipinski definition) is 4. The van der Waals surface area contributed by atoms with Gasteiger partial charge in [-0.2, -0.15) is 0 Å². The van der Waals surface area contributed by atoms with Crippen LogP contribution >= 0.6 is 0 Å². The molecule has 0 unspecified atom stereocenters. The van der Waals surface area contributed by atoms with Crippen LogP contribution in [0.4, 0.5) is 0 Å². The molecule has 9 nitrogen and oxygen atoms in total. The van der Waals surface area contributed by atoms with Gasteiger partial charge in [-0.3, -0.25) is 15.0 Å². The molecular formula is C15H27N5O4. The highest BCUT2D eigenvalue weighted by atomic mass is 16.4. The highest BCUT2D eigenvalue weighted by Gasteiger charge is 2.23. The minimum Gasteiger partial charge on any atom is -0.480 e. The molecule has 0 saturated heterocycles. The fourth-order valence-electron chi connectivity index (χ4n) is 2.71. The van der Waals surface area contributed by atoms with Crippen molar-refractivity contribution in [3.05, 3.63) is 0 Å². The van der Waals surface area contributed by atoms with Gasteiger partial charge in [0.15, 0.2) is 5.96 Å². The van der Waals surface area contributed by atoms with Crippen LogP contribution in [0.3, 0.4) is 0 Å². The summed E-state index contributed by atoms with van der Waals surface area (Å²) >= 11 is 0. The number of guanidine groups is 1. The number of carboxylic acids is 1. The lowest BCUT2D eigenvalue weighted by Gasteiger charge is -2.21. The lowest BCUT2D eigenvalue weighted by molar-refractivity contribution is -0.142. The molecule has 0 bridgehead atoms. The van der Waals surface area contributed by atoms with Gasteiger partial charge in [-0.15, -0.1) is 0 Å². The molecule has 1 aliphatic rings.